The molecule has 0 aromatic rings. The van der Waals surface area contributed by atoms with E-state index in [1.807, 2.05) is 0 Å². The molecule has 2 rings (SSSR count). The predicted octanol–water partition coefficient (Wildman–Crippen LogP) is 2.95. The monoisotopic (exact) mass is 307 g/mol. The molecule has 5 heteroatoms. The van der Waals surface area contributed by atoms with Gasteiger partial charge in [0.15, 0.2) is 0 Å². The van der Waals surface area contributed by atoms with E-state index in [-0.39, 0.29) is 11.2 Å². The van der Waals surface area contributed by atoms with Crippen molar-refractivity contribution in [3.8, 4) is 0 Å². The van der Waals surface area contributed by atoms with Gasteiger partial charge in [0.1, 0.15) is 0 Å². The molecule has 0 aliphatic heterocycles. The predicted molar refractivity (Wildman–Crippen MR) is 79.8 cm³/mol. The van der Waals surface area contributed by atoms with E-state index in [0.717, 1.165) is 19.3 Å². The van der Waals surface area contributed by atoms with Crippen LogP contribution < -0.4 is 0 Å². The Balaban J connectivity index is 2.34. The highest BCUT2D eigenvalue weighted by Gasteiger charge is 2.49. The van der Waals surface area contributed by atoms with E-state index >= 15 is 0 Å². The Morgan fingerprint density at radius 3 is 2.26 bits per heavy atom. The third-order valence-corrected chi connectivity index (χ3v) is 7.24. The Morgan fingerprint density at radius 1 is 1.11 bits per heavy atom. The number of rotatable bonds is 2. The molecule has 0 N–H and O–H groups in total. The number of fused-ring (bicyclic) bond motifs is 1. The normalized spacial score (nSPS) is 44.1. The Hall–Kier alpha value is 0.200. The van der Waals surface area contributed by atoms with Crippen molar-refractivity contribution in [2.75, 3.05) is 14.1 Å². The molecule has 0 radical (unpaired) electrons. The minimum Gasteiger partial charge on any atom is -0.306 e. The molecule has 0 spiro atoms. The SMILES string of the molecule is CC1CC2C(C(C)CCC2N(C)C)C(S(=O)(=O)Cl)C1. The quantitative estimate of drug-likeness (QED) is 0.736. The van der Waals surface area contributed by atoms with Gasteiger partial charge in [-0.3, -0.25) is 0 Å². The first-order valence-corrected chi connectivity index (χ1v) is 9.69. The number of nitrogens with zero attached hydrogens (tertiary/aromatic N) is 1. The molecule has 2 aliphatic rings. The van der Waals surface area contributed by atoms with Crippen molar-refractivity contribution in [1.29, 1.82) is 0 Å². The molecule has 19 heavy (non-hydrogen) atoms. The van der Waals surface area contributed by atoms with Gasteiger partial charge in [0.25, 0.3) is 0 Å². The maximum atomic E-state index is 12.0. The van der Waals surface area contributed by atoms with E-state index in [2.05, 4.69) is 32.8 Å². The third kappa shape index (κ3) is 3.11. The molecular weight excluding hydrogens is 282 g/mol. The van der Waals surface area contributed by atoms with Crippen LogP contribution in [0, 0.1) is 23.7 Å². The summed E-state index contributed by atoms with van der Waals surface area (Å²) >= 11 is 0. The highest BCUT2D eigenvalue weighted by atomic mass is 35.7. The zero-order valence-electron chi connectivity index (χ0n) is 12.3. The summed E-state index contributed by atoms with van der Waals surface area (Å²) in [7, 11) is 6.52. The van der Waals surface area contributed by atoms with Gasteiger partial charge in [0.05, 0.1) is 5.25 Å². The summed E-state index contributed by atoms with van der Waals surface area (Å²) in [5.41, 5.74) is 0. The Labute approximate surface area is 122 Å². The average Bonchev–Trinajstić information content (AvgIpc) is 2.26. The maximum Gasteiger partial charge on any atom is 0.235 e. The summed E-state index contributed by atoms with van der Waals surface area (Å²) in [5.74, 6) is 1.63. The van der Waals surface area contributed by atoms with Crippen LogP contribution in [0.1, 0.15) is 39.5 Å². The highest BCUT2D eigenvalue weighted by molar-refractivity contribution is 8.14. The van der Waals surface area contributed by atoms with E-state index < -0.39 is 9.05 Å². The highest BCUT2D eigenvalue weighted by Crippen LogP contribution is 2.49. The molecule has 6 atom stereocenters. The molecular formula is C14H26ClNO2S. The van der Waals surface area contributed by atoms with E-state index in [1.165, 1.54) is 6.42 Å². The van der Waals surface area contributed by atoms with Gasteiger partial charge in [0.2, 0.25) is 9.05 Å². The fraction of sp³-hybridized carbons (Fsp3) is 1.00. The Kier molecular flexibility index (Phi) is 4.54. The first-order valence-electron chi connectivity index (χ1n) is 7.31. The largest absolute Gasteiger partial charge is 0.306 e. The van der Waals surface area contributed by atoms with Gasteiger partial charge in [0, 0.05) is 16.7 Å². The van der Waals surface area contributed by atoms with Crippen molar-refractivity contribution in [2.45, 2.75) is 50.8 Å². The van der Waals surface area contributed by atoms with Gasteiger partial charge in [-0.1, -0.05) is 13.8 Å². The van der Waals surface area contributed by atoms with E-state index in [9.17, 15) is 8.42 Å². The molecule has 0 saturated heterocycles. The molecule has 0 aromatic heterocycles. The van der Waals surface area contributed by atoms with Gasteiger partial charge >= 0.3 is 0 Å². The standard InChI is InChI=1S/C14H26ClNO2S/c1-9-7-11-12(16(3)4)6-5-10(2)14(11)13(8-9)19(15,17)18/h9-14H,5-8H2,1-4H3. The molecule has 0 heterocycles. The van der Waals surface area contributed by atoms with Crippen LogP contribution in [-0.2, 0) is 9.05 Å². The minimum absolute atomic E-state index is 0.236. The van der Waals surface area contributed by atoms with Crippen LogP contribution >= 0.6 is 10.7 Å². The molecule has 2 saturated carbocycles. The van der Waals surface area contributed by atoms with Gasteiger partial charge in [-0.15, -0.1) is 0 Å². The maximum absolute atomic E-state index is 12.0. The van der Waals surface area contributed by atoms with E-state index in [1.54, 1.807) is 0 Å². The lowest BCUT2D eigenvalue weighted by atomic mass is 9.61. The van der Waals surface area contributed by atoms with Gasteiger partial charge in [-0.25, -0.2) is 8.42 Å². The van der Waals surface area contributed by atoms with Crippen molar-refractivity contribution in [1.82, 2.24) is 4.90 Å². The fourth-order valence-electron chi connectivity index (χ4n) is 4.53. The minimum atomic E-state index is -3.46. The molecule has 0 amide bonds. The zero-order valence-corrected chi connectivity index (χ0v) is 13.9. The summed E-state index contributed by atoms with van der Waals surface area (Å²) in [4.78, 5) is 2.28. The Morgan fingerprint density at radius 2 is 1.74 bits per heavy atom. The van der Waals surface area contributed by atoms with Crippen molar-refractivity contribution < 1.29 is 8.42 Å². The van der Waals surface area contributed by atoms with Gasteiger partial charge in [-0.2, -0.15) is 0 Å². The summed E-state index contributed by atoms with van der Waals surface area (Å²) in [6.07, 6.45) is 4.16. The summed E-state index contributed by atoms with van der Waals surface area (Å²) < 4.78 is 23.9. The Bertz CT molecular complexity index is 423. The fourth-order valence-corrected chi connectivity index (χ4v) is 6.51. The lowest BCUT2D eigenvalue weighted by molar-refractivity contribution is 0.0214. The van der Waals surface area contributed by atoms with Gasteiger partial charge < -0.3 is 4.90 Å². The summed E-state index contributed by atoms with van der Waals surface area (Å²) in [5, 5.41) is -0.347. The van der Waals surface area contributed by atoms with Crippen molar-refractivity contribution >= 4 is 19.7 Å². The van der Waals surface area contributed by atoms with Gasteiger partial charge in [-0.05, 0) is 63.5 Å². The molecule has 6 unspecified atom stereocenters. The van der Waals surface area contributed by atoms with Crippen LogP contribution in [0.5, 0.6) is 0 Å². The second-order valence-electron chi connectivity index (χ2n) is 6.92. The lowest BCUT2D eigenvalue weighted by Gasteiger charge is -2.51. The molecule has 0 bridgehead atoms. The third-order valence-electron chi connectivity index (χ3n) is 5.33. The van der Waals surface area contributed by atoms with Crippen molar-refractivity contribution in [3.05, 3.63) is 0 Å². The molecule has 2 aliphatic carbocycles. The molecule has 112 valence electrons. The van der Waals surface area contributed by atoms with Crippen LogP contribution in [0.4, 0.5) is 0 Å². The van der Waals surface area contributed by atoms with Crippen LogP contribution in [0.15, 0.2) is 0 Å². The number of hydrogen-bond acceptors (Lipinski definition) is 3. The van der Waals surface area contributed by atoms with E-state index in [4.69, 9.17) is 10.7 Å². The van der Waals surface area contributed by atoms with Crippen LogP contribution in [0.2, 0.25) is 0 Å². The smallest absolute Gasteiger partial charge is 0.235 e. The summed E-state index contributed by atoms with van der Waals surface area (Å²) in [6, 6.07) is 0.505. The number of hydrogen-bond donors (Lipinski definition) is 0. The first kappa shape index (κ1) is 15.6. The van der Waals surface area contributed by atoms with Crippen LogP contribution in [-0.4, -0.2) is 38.7 Å². The van der Waals surface area contributed by atoms with Crippen LogP contribution in [0.3, 0.4) is 0 Å². The number of halogens is 1. The van der Waals surface area contributed by atoms with Crippen LogP contribution in [0.25, 0.3) is 0 Å². The summed E-state index contributed by atoms with van der Waals surface area (Å²) in [6.45, 7) is 4.37. The average molecular weight is 308 g/mol. The van der Waals surface area contributed by atoms with E-state index in [0.29, 0.717) is 23.8 Å². The second kappa shape index (κ2) is 5.53. The zero-order chi connectivity index (χ0) is 14.4. The first-order chi connectivity index (χ1) is 8.71. The molecule has 0 aromatic carbocycles. The van der Waals surface area contributed by atoms with Crippen molar-refractivity contribution in [2.24, 2.45) is 23.7 Å². The molecule has 2 fully saturated rings. The second-order valence-corrected chi connectivity index (χ2v) is 9.76. The van der Waals surface area contributed by atoms with Crippen molar-refractivity contribution in [3.63, 3.8) is 0 Å². The lowest BCUT2D eigenvalue weighted by Crippen LogP contribution is -2.53. The molecule has 3 nitrogen and oxygen atoms in total. The topological polar surface area (TPSA) is 37.4 Å².